The first-order valence-corrected chi connectivity index (χ1v) is 7.49. The summed E-state index contributed by atoms with van der Waals surface area (Å²) in [5.41, 5.74) is -0.488. The van der Waals surface area contributed by atoms with Gasteiger partial charge in [-0.1, -0.05) is 0 Å². The Kier molecular flexibility index (Phi) is 5.83. The molecular weight excluding hydrogens is 256 g/mol. The van der Waals surface area contributed by atoms with Crippen LogP contribution in [0.5, 0.6) is 0 Å². The van der Waals surface area contributed by atoms with Gasteiger partial charge < -0.3 is 15.2 Å². The Morgan fingerprint density at radius 2 is 1.95 bits per heavy atom. The van der Waals surface area contributed by atoms with E-state index in [9.17, 15) is 9.90 Å². The average Bonchev–Trinajstić information content (AvgIpc) is 2.27. The molecule has 0 bridgehead atoms. The molecule has 0 saturated heterocycles. The van der Waals surface area contributed by atoms with E-state index in [1.165, 1.54) is 0 Å². The van der Waals surface area contributed by atoms with Gasteiger partial charge >= 0.3 is 6.09 Å². The maximum atomic E-state index is 11.9. The van der Waals surface area contributed by atoms with Crippen LogP contribution in [-0.2, 0) is 4.74 Å². The third kappa shape index (κ3) is 5.29. The molecule has 0 spiro atoms. The lowest BCUT2D eigenvalue weighted by molar-refractivity contribution is 0.0226. The minimum absolute atomic E-state index is 0.0284. The van der Waals surface area contributed by atoms with Crippen molar-refractivity contribution in [2.24, 2.45) is 0 Å². The van der Waals surface area contributed by atoms with Gasteiger partial charge in [0.15, 0.2) is 0 Å². The minimum atomic E-state index is -0.488. The topological polar surface area (TPSA) is 61.8 Å². The molecule has 3 unspecified atom stereocenters. The van der Waals surface area contributed by atoms with Crippen LogP contribution in [0, 0.1) is 0 Å². The van der Waals surface area contributed by atoms with Gasteiger partial charge in [-0.2, -0.15) is 0 Å². The third-order valence-corrected chi connectivity index (χ3v) is 3.83. The Labute approximate surface area is 122 Å². The summed E-state index contributed by atoms with van der Waals surface area (Å²) in [5, 5.41) is 12.8. The number of carbonyl (C=O) groups excluding carboxylic acids is 1. The van der Waals surface area contributed by atoms with E-state index in [1.54, 1.807) is 0 Å². The molecule has 5 nitrogen and oxygen atoms in total. The molecule has 1 amide bonds. The van der Waals surface area contributed by atoms with Crippen LogP contribution in [0.15, 0.2) is 0 Å². The number of likely N-dealkylation sites (N-methyl/N-ethyl adjacent to an activating group) is 1. The van der Waals surface area contributed by atoms with Crippen LogP contribution in [0.1, 0.15) is 53.9 Å². The number of alkyl carbamates (subject to hydrolysis) is 1. The van der Waals surface area contributed by atoms with Crippen molar-refractivity contribution in [1.29, 1.82) is 0 Å². The van der Waals surface area contributed by atoms with Crippen LogP contribution in [0.2, 0.25) is 0 Å². The van der Waals surface area contributed by atoms with Crippen LogP contribution >= 0.6 is 0 Å². The molecule has 1 saturated carbocycles. The molecule has 1 aliphatic carbocycles. The normalized spacial score (nSPS) is 27.8. The number of rotatable bonds is 3. The van der Waals surface area contributed by atoms with Gasteiger partial charge in [0.1, 0.15) is 5.60 Å². The van der Waals surface area contributed by atoms with Crippen molar-refractivity contribution in [3.05, 3.63) is 0 Å². The number of nitrogens with zero attached hydrogens (tertiary/aromatic N) is 1. The summed E-state index contributed by atoms with van der Waals surface area (Å²) >= 11 is 0. The molecule has 2 N–H and O–H groups in total. The molecule has 0 aromatic rings. The Morgan fingerprint density at radius 3 is 2.45 bits per heavy atom. The maximum absolute atomic E-state index is 11.9. The Morgan fingerprint density at radius 1 is 1.35 bits per heavy atom. The smallest absolute Gasteiger partial charge is 0.407 e. The fourth-order valence-electron chi connectivity index (χ4n) is 2.59. The molecule has 1 aliphatic rings. The summed E-state index contributed by atoms with van der Waals surface area (Å²) in [7, 11) is 2.04. The number of hydrogen-bond donors (Lipinski definition) is 2. The molecule has 0 radical (unpaired) electrons. The second-order valence-electron chi connectivity index (χ2n) is 7.05. The van der Waals surface area contributed by atoms with Gasteiger partial charge in [-0.25, -0.2) is 4.79 Å². The average molecular weight is 286 g/mol. The summed E-state index contributed by atoms with van der Waals surface area (Å²) in [5.74, 6) is 0. The van der Waals surface area contributed by atoms with Gasteiger partial charge in [0.05, 0.1) is 6.10 Å². The van der Waals surface area contributed by atoms with Gasteiger partial charge in [0.2, 0.25) is 0 Å². The van der Waals surface area contributed by atoms with E-state index in [2.05, 4.69) is 24.1 Å². The highest BCUT2D eigenvalue weighted by molar-refractivity contribution is 5.68. The van der Waals surface area contributed by atoms with E-state index in [0.717, 1.165) is 12.8 Å². The van der Waals surface area contributed by atoms with E-state index in [0.29, 0.717) is 12.5 Å². The second kappa shape index (κ2) is 6.76. The van der Waals surface area contributed by atoms with Gasteiger partial charge in [0.25, 0.3) is 0 Å². The predicted octanol–water partition coefficient (Wildman–Crippen LogP) is 2.13. The third-order valence-electron chi connectivity index (χ3n) is 3.83. The quantitative estimate of drug-likeness (QED) is 0.834. The number of amides is 1. The Hall–Kier alpha value is -0.810. The summed E-state index contributed by atoms with van der Waals surface area (Å²) in [6.07, 6.45) is 1.54. The van der Waals surface area contributed by atoms with E-state index >= 15 is 0 Å². The first kappa shape index (κ1) is 17.2. The van der Waals surface area contributed by atoms with Crippen molar-refractivity contribution in [1.82, 2.24) is 10.2 Å². The van der Waals surface area contributed by atoms with E-state index < -0.39 is 5.60 Å². The Bertz CT molecular complexity index is 326. The summed E-state index contributed by atoms with van der Waals surface area (Å²) in [4.78, 5) is 14.1. The fraction of sp³-hybridized carbons (Fsp3) is 0.933. The zero-order valence-electron chi connectivity index (χ0n) is 13.6. The van der Waals surface area contributed by atoms with Crippen LogP contribution in [-0.4, -0.2) is 53.0 Å². The highest BCUT2D eigenvalue weighted by Gasteiger charge is 2.35. The lowest BCUT2D eigenvalue weighted by atomic mass is 9.87. The predicted molar refractivity (Wildman–Crippen MR) is 79.7 cm³/mol. The van der Waals surface area contributed by atoms with Gasteiger partial charge in [-0.15, -0.1) is 0 Å². The van der Waals surface area contributed by atoms with Crippen molar-refractivity contribution < 1.29 is 14.6 Å². The summed E-state index contributed by atoms with van der Waals surface area (Å²) in [6, 6.07) is 0.542. The molecule has 1 fully saturated rings. The first-order valence-electron chi connectivity index (χ1n) is 7.49. The molecule has 3 atom stereocenters. The Balaban J connectivity index is 2.67. The number of nitrogens with one attached hydrogen (secondary N) is 1. The minimum Gasteiger partial charge on any atom is -0.444 e. The maximum Gasteiger partial charge on any atom is 0.407 e. The zero-order chi connectivity index (χ0) is 15.5. The second-order valence-corrected chi connectivity index (χ2v) is 7.05. The number of aliphatic hydroxyl groups is 1. The molecular formula is C15H30N2O3. The van der Waals surface area contributed by atoms with Crippen molar-refractivity contribution in [3.63, 3.8) is 0 Å². The SMILES string of the molecule is CC(C)N(C)C1CC(O)CCC1NC(=O)OC(C)(C)C. The highest BCUT2D eigenvalue weighted by Crippen LogP contribution is 2.24. The molecule has 1 rings (SSSR count). The van der Waals surface area contributed by atoms with Gasteiger partial charge in [-0.3, -0.25) is 4.90 Å². The lowest BCUT2D eigenvalue weighted by Crippen LogP contribution is -2.56. The molecule has 0 aromatic carbocycles. The van der Waals surface area contributed by atoms with E-state index in [-0.39, 0.29) is 24.3 Å². The fourth-order valence-corrected chi connectivity index (χ4v) is 2.59. The number of aliphatic hydroxyl groups excluding tert-OH is 1. The van der Waals surface area contributed by atoms with Crippen LogP contribution in [0.3, 0.4) is 0 Å². The first-order chi connectivity index (χ1) is 9.10. The van der Waals surface area contributed by atoms with Crippen LogP contribution in [0.25, 0.3) is 0 Å². The zero-order valence-corrected chi connectivity index (χ0v) is 13.6. The van der Waals surface area contributed by atoms with Gasteiger partial charge in [0, 0.05) is 18.1 Å². The molecule has 0 aliphatic heterocycles. The van der Waals surface area contributed by atoms with Gasteiger partial charge in [-0.05, 0) is 60.9 Å². The molecule has 20 heavy (non-hydrogen) atoms. The number of hydrogen-bond acceptors (Lipinski definition) is 4. The van der Waals surface area contributed by atoms with Crippen molar-refractivity contribution in [2.45, 2.75) is 83.7 Å². The monoisotopic (exact) mass is 286 g/mol. The van der Waals surface area contributed by atoms with Crippen molar-refractivity contribution in [3.8, 4) is 0 Å². The lowest BCUT2D eigenvalue weighted by Gasteiger charge is -2.42. The standard InChI is InChI=1S/C15H30N2O3/c1-10(2)17(6)13-9-11(18)7-8-12(13)16-14(19)20-15(3,4)5/h10-13,18H,7-9H2,1-6H3,(H,16,19). The van der Waals surface area contributed by atoms with Crippen LogP contribution < -0.4 is 5.32 Å². The van der Waals surface area contributed by atoms with E-state index in [1.807, 2.05) is 27.8 Å². The summed E-state index contributed by atoms with van der Waals surface area (Å²) < 4.78 is 5.32. The van der Waals surface area contributed by atoms with Crippen LogP contribution in [0.4, 0.5) is 4.79 Å². The highest BCUT2D eigenvalue weighted by atomic mass is 16.6. The number of carbonyl (C=O) groups is 1. The van der Waals surface area contributed by atoms with Crippen molar-refractivity contribution >= 4 is 6.09 Å². The van der Waals surface area contributed by atoms with E-state index in [4.69, 9.17) is 4.74 Å². The molecule has 0 heterocycles. The molecule has 118 valence electrons. The largest absolute Gasteiger partial charge is 0.444 e. The molecule has 0 aromatic heterocycles. The summed E-state index contributed by atoms with van der Waals surface area (Å²) in [6.45, 7) is 9.80. The number of ether oxygens (including phenoxy) is 1. The van der Waals surface area contributed by atoms with Crippen molar-refractivity contribution in [2.75, 3.05) is 7.05 Å². The molecule has 5 heteroatoms.